The molecule has 4 atom stereocenters. The summed E-state index contributed by atoms with van der Waals surface area (Å²) in [5.74, 6) is -12.0. The van der Waals surface area contributed by atoms with E-state index in [1.54, 1.807) is 88.4 Å². The Balaban J connectivity index is 0.000000536. The average Bonchev–Trinajstić information content (AvgIpc) is 0.833. The molecule has 0 fully saturated rings. The monoisotopic (exact) mass is 1420 g/mol. The summed E-state index contributed by atoms with van der Waals surface area (Å²) in [6, 6.07) is 29.9. The van der Waals surface area contributed by atoms with Gasteiger partial charge < -0.3 is 66.8 Å². The van der Waals surface area contributed by atoms with Gasteiger partial charge in [-0.1, -0.05) is 119 Å². The van der Waals surface area contributed by atoms with Gasteiger partial charge in [0.05, 0.1) is 64.1 Å². The molecule has 0 radical (unpaired) electrons. The minimum atomic E-state index is -2.92. The van der Waals surface area contributed by atoms with E-state index >= 15 is 0 Å². The van der Waals surface area contributed by atoms with Crippen LogP contribution in [0.2, 0.25) is 0 Å². The van der Waals surface area contributed by atoms with Crippen molar-refractivity contribution in [2.45, 2.75) is 136 Å². The number of unbranched alkanes of at least 4 members (excludes halogenated alkanes) is 5. The normalized spacial score (nSPS) is 12.2. The molecule has 6 rings (SSSR count). The highest BCUT2D eigenvalue weighted by atomic mass is 16.9. The molecule has 0 spiro atoms. The van der Waals surface area contributed by atoms with E-state index in [0.29, 0.717) is 64.3 Å². The molecule has 102 heavy (non-hydrogen) atoms. The SMILES string of the molecule is CCCCCOC(=O)COC(=O)C(C)c1ccc2cc(OC(=O)CC)ccc2c1.CCCCCOC(=O)COC(=O)C(C)c1ccc2ccc(OC(=O)COC(=O)CC(O)(CC(=O)OC)C(=O)OCC(=O)Oc3ccc4cc(C(C)C(=O)OCC(=O)OCCCCO[N+](=O)[O-])ccc4c3)cc2c1. The van der Waals surface area contributed by atoms with Gasteiger partial charge in [-0.15, -0.1) is 10.1 Å². The van der Waals surface area contributed by atoms with Gasteiger partial charge in [0.2, 0.25) is 0 Å². The first-order valence-corrected chi connectivity index (χ1v) is 32.8. The van der Waals surface area contributed by atoms with Crippen molar-refractivity contribution in [1.29, 1.82) is 0 Å². The number of esters is 12. The number of ether oxygens (including phenoxy) is 12. The standard InChI is InChI=1S/C50H55NO22.C23H28O6/c1-5-6-7-18-65-43(54)27-69-48(59)32(3)35-11-10-33-14-16-40(24-38(33)22-35)73-45(56)29-67-42(53)26-50(61,25-41(52)64-4)49(60)70-30-46(57)72-39-17-15-36-21-34(12-13-37(36)23-39)31(2)47(58)68-28-44(55)66-19-8-9-20-71-51(62)63;1-4-6-7-12-27-22(25)15-28-23(26)16(3)17-8-9-19-14-20(29-21(24)5-2)11-10-18(19)13-17/h10-17,21-24,31-32,61H,5-9,18-20,25-30H2,1-4H3;8-11,13-14,16H,4-7,12,15H2,1-3H3. The molecule has 6 aromatic rings. The number of rotatable bonds is 39. The number of aliphatic hydroxyl groups is 1. The minimum Gasteiger partial charge on any atom is -0.469 e. The Morgan fingerprint density at radius 2 is 0.735 bits per heavy atom. The summed E-state index contributed by atoms with van der Waals surface area (Å²) in [6.07, 6.45) is 3.97. The van der Waals surface area contributed by atoms with E-state index in [1.165, 1.54) is 24.3 Å². The molecular weight excluding hydrogens is 1340 g/mol. The molecule has 0 aromatic heterocycles. The third kappa shape index (κ3) is 27.9. The number of hydrogen-bond acceptors (Lipinski definition) is 28. The van der Waals surface area contributed by atoms with E-state index in [0.717, 1.165) is 55.5 Å². The smallest absolute Gasteiger partial charge is 0.349 e. The number of hydrogen-bond donors (Lipinski definition) is 1. The lowest BCUT2D eigenvalue weighted by Gasteiger charge is -2.23. The number of nitrogens with zero attached hydrogens (tertiary/aromatic N) is 1. The highest BCUT2D eigenvalue weighted by Crippen LogP contribution is 2.30. The molecule has 0 bridgehead atoms. The molecule has 0 aliphatic carbocycles. The Morgan fingerprint density at radius 1 is 0.392 bits per heavy atom. The predicted molar refractivity (Wildman–Crippen MR) is 359 cm³/mol. The van der Waals surface area contributed by atoms with Gasteiger partial charge in [-0.2, -0.15) is 0 Å². The Labute approximate surface area is 586 Å². The maximum Gasteiger partial charge on any atom is 0.349 e. The van der Waals surface area contributed by atoms with Crippen molar-refractivity contribution in [3.8, 4) is 17.2 Å². The largest absolute Gasteiger partial charge is 0.469 e. The lowest BCUT2D eigenvalue weighted by molar-refractivity contribution is -0.757. The fraction of sp³-hybridized carbons (Fsp3) is 0.425. The van der Waals surface area contributed by atoms with Crippen LogP contribution >= 0.6 is 0 Å². The first-order chi connectivity index (χ1) is 48.7. The van der Waals surface area contributed by atoms with Crippen molar-refractivity contribution < 1.29 is 129 Å². The van der Waals surface area contributed by atoms with Gasteiger partial charge in [-0.3, -0.25) is 28.8 Å². The van der Waals surface area contributed by atoms with Crippen LogP contribution in [-0.4, -0.2) is 154 Å². The zero-order chi connectivity index (χ0) is 74.7. The molecule has 0 aliphatic rings. The van der Waals surface area contributed by atoms with Crippen LogP contribution in [0.25, 0.3) is 32.3 Å². The molecule has 0 aliphatic heterocycles. The van der Waals surface area contributed by atoms with Crippen LogP contribution in [0.15, 0.2) is 109 Å². The first-order valence-electron chi connectivity index (χ1n) is 32.8. The van der Waals surface area contributed by atoms with Gasteiger partial charge in [0.1, 0.15) is 17.2 Å². The first kappa shape index (κ1) is 81.6. The van der Waals surface area contributed by atoms with Crippen molar-refractivity contribution in [1.82, 2.24) is 0 Å². The van der Waals surface area contributed by atoms with Crippen LogP contribution in [0.3, 0.4) is 0 Å². The predicted octanol–water partition coefficient (Wildman–Crippen LogP) is 9.37. The molecule has 29 nitrogen and oxygen atoms in total. The fourth-order valence-corrected chi connectivity index (χ4v) is 9.36. The summed E-state index contributed by atoms with van der Waals surface area (Å²) in [7, 11) is 0.953. The van der Waals surface area contributed by atoms with Crippen LogP contribution in [0, 0.1) is 10.1 Å². The lowest BCUT2D eigenvalue weighted by atomic mass is 9.95. The third-order valence-electron chi connectivity index (χ3n) is 15.2. The van der Waals surface area contributed by atoms with E-state index in [2.05, 4.69) is 16.5 Å². The summed E-state index contributed by atoms with van der Waals surface area (Å²) in [5, 5.41) is 24.6. The number of carbonyl (C=O) groups is 12. The van der Waals surface area contributed by atoms with Gasteiger partial charge in [-0.25, -0.2) is 28.8 Å². The van der Waals surface area contributed by atoms with E-state index in [9.17, 15) is 72.8 Å². The van der Waals surface area contributed by atoms with Crippen LogP contribution in [0.4, 0.5) is 0 Å². The molecule has 1 N–H and O–H groups in total. The quantitative estimate of drug-likeness (QED) is 0.00937. The van der Waals surface area contributed by atoms with Crippen LogP contribution < -0.4 is 14.2 Å². The summed E-state index contributed by atoms with van der Waals surface area (Å²) in [5.41, 5.74) is -1.08. The molecule has 0 amide bonds. The molecule has 29 heteroatoms. The van der Waals surface area contributed by atoms with E-state index in [4.69, 9.17) is 52.1 Å². The van der Waals surface area contributed by atoms with E-state index < -0.39 is 133 Å². The number of methoxy groups -OCH3 is 1. The second kappa shape index (κ2) is 42.1. The zero-order valence-electron chi connectivity index (χ0n) is 57.7. The topological polar surface area (TPSA) is 388 Å². The Morgan fingerprint density at radius 3 is 1.16 bits per heavy atom. The van der Waals surface area contributed by atoms with E-state index in [1.807, 2.05) is 31.2 Å². The molecule has 0 saturated carbocycles. The maximum atomic E-state index is 13.1. The van der Waals surface area contributed by atoms with Gasteiger partial charge in [0, 0.05) is 6.42 Å². The van der Waals surface area contributed by atoms with Gasteiger partial charge in [-0.05, 0) is 132 Å². The van der Waals surface area contributed by atoms with E-state index in [-0.39, 0.29) is 50.3 Å². The zero-order valence-corrected chi connectivity index (χ0v) is 57.7. The minimum absolute atomic E-state index is 0.00717. The van der Waals surface area contributed by atoms with Crippen LogP contribution in [-0.2, 0) is 105 Å². The number of carbonyl (C=O) groups excluding carboxylic acids is 12. The molecule has 4 unspecified atom stereocenters. The van der Waals surface area contributed by atoms with Gasteiger partial charge >= 0.3 is 71.6 Å². The lowest BCUT2D eigenvalue weighted by Crippen LogP contribution is -2.45. The number of benzene rings is 6. The molecule has 6 aromatic carbocycles. The summed E-state index contributed by atoms with van der Waals surface area (Å²) in [6.45, 7) is 7.45. The highest BCUT2D eigenvalue weighted by molar-refractivity contribution is 5.94. The van der Waals surface area contributed by atoms with Gasteiger partial charge in [0.25, 0.3) is 5.09 Å². The summed E-state index contributed by atoms with van der Waals surface area (Å²) >= 11 is 0. The summed E-state index contributed by atoms with van der Waals surface area (Å²) < 4.78 is 60.5. The molecule has 0 saturated heterocycles. The third-order valence-corrected chi connectivity index (χ3v) is 15.2. The van der Waals surface area contributed by atoms with Crippen molar-refractivity contribution in [2.24, 2.45) is 0 Å². The van der Waals surface area contributed by atoms with Crippen LogP contribution in [0.5, 0.6) is 17.2 Å². The highest BCUT2D eigenvalue weighted by Gasteiger charge is 2.44. The average molecular weight is 1420 g/mol. The second-order valence-electron chi connectivity index (χ2n) is 23.1. The maximum absolute atomic E-state index is 13.1. The van der Waals surface area contributed by atoms with Crippen molar-refractivity contribution in [2.75, 3.05) is 66.6 Å². The molecule has 0 heterocycles. The van der Waals surface area contributed by atoms with Crippen molar-refractivity contribution in [3.05, 3.63) is 136 Å². The Bertz CT molecular complexity index is 3940. The molecule has 548 valence electrons. The van der Waals surface area contributed by atoms with Crippen LogP contribution in [0.1, 0.15) is 147 Å². The van der Waals surface area contributed by atoms with Gasteiger partial charge in [0.15, 0.2) is 38.6 Å². The Hall–Kier alpha value is -11.1. The van der Waals surface area contributed by atoms with Crippen molar-refractivity contribution in [3.63, 3.8) is 0 Å². The Kier molecular flexibility index (Phi) is 33.7. The molecular formula is C73H83NO28. The van der Waals surface area contributed by atoms with Crippen molar-refractivity contribution >= 4 is 104 Å². The summed E-state index contributed by atoms with van der Waals surface area (Å²) in [4.78, 5) is 162. The fourth-order valence-electron chi connectivity index (χ4n) is 9.36. The second-order valence-corrected chi connectivity index (χ2v) is 23.1. The number of fused-ring (bicyclic) bond motifs is 3.